The van der Waals surface area contributed by atoms with Crippen molar-refractivity contribution in [1.29, 1.82) is 0 Å². The number of rotatable bonds is 9. The Morgan fingerprint density at radius 2 is 1.78 bits per heavy atom. The van der Waals surface area contributed by atoms with Crippen molar-refractivity contribution in [3.8, 4) is 0 Å². The van der Waals surface area contributed by atoms with E-state index in [1.165, 1.54) is 58.0 Å². The fraction of sp³-hybridized carbons (Fsp3) is 1.00. The molecule has 1 aliphatic carbocycles. The van der Waals surface area contributed by atoms with E-state index in [9.17, 15) is 0 Å². The van der Waals surface area contributed by atoms with Crippen LogP contribution in [0.1, 0.15) is 65.7 Å². The highest BCUT2D eigenvalue weighted by molar-refractivity contribution is 4.78. The van der Waals surface area contributed by atoms with Crippen molar-refractivity contribution >= 4 is 0 Å². The summed E-state index contributed by atoms with van der Waals surface area (Å²) in [6, 6.07) is 1.57. The molecule has 1 aliphatic rings. The third kappa shape index (κ3) is 6.19. The summed E-state index contributed by atoms with van der Waals surface area (Å²) < 4.78 is 0. The van der Waals surface area contributed by atoms with Gasteiger partial charge in [-0.2, -0.15) is 0 Å². The molecule has 0 radical (unpaired) electrons. The minimum absolute atomic E-state index is 0.676. The van der Waals surface area contributed by atoms with Gasteiger partial charge in [-0.1, -0.05) is 33.1 Å². The van der Waals surface area contributed by atoms with Gasteiger partial charge in [0.05, 0.1) is 0 Å². The van der Waals surface area contributed by atoms with Gasteiger partial charge in [0, 0.05) is 18.6 Å². The minimum Gasteiger partial charge on any atom is -0.317 e. The maximum Gasteiger partial charge on any atom is 0.00953 e. The van der Waals surface area contributed by atoms with Gasteiger partial charge in [-0.05, 0) is 52.1 Å². The van der Waals surface area contributed by atoms with Gasteiger partial charge in [-0.15, -0.1) is 0 Å². The van der Waals surface area contributed by atoms with E-state index in [1.807, 2.05) is 0 Å². The van der Waals surface area contributed by atoms with Crippen LogP contribution < -0.4 is 5.32 Å². The van der Waals surface area contributed by atoms with Crippen molar-refractivity contribution in [2.45, 2.75) is 77.8 Å². The molecular formula is C16H34N2. The van der Waals surface area contributed by atoms with E-state index in [-0.39, 0.29) is 0 Å². The van der Waals surface area contributed by atoms with E-state index in [0.29, 0.717) is 6.04 Å². The van der Waals surface area contributed by atoms with Gasteiger partial charge in [0.15, 0.2) is 0 Å². The Kier molecular flexibility index (Phi) is 7.92. The van der Waals surface area contributed by atoms with Crippen LogP contribution in [0.4, 0.5) is 0 Å². The van der Waals surface area contributed by atoms with Gasteiger partial charge < -0.3 is 10.2 Å². The molecule has 0 bridgehead atoms. The number of nitrogens with one attached hydrogen (secondary N) is 1. The Morgan fingerprint density at radius 1 is 1.11 bits per heavy atom. The second kappa shape index (κ2) is 8.92. The molecular weight excluding hydrogens is 220 g/mol. The maximum absolute atomic E-state index is 3.33. The van der Waals surface area contributed by atoms with Crippen LogP contribution in [0, 0.1) is 5.92 Å². The smallest absolute Gasteiger partial charge is 0.00953 e. The van der Waals surface area contributed by atoms with Gasteiger partial charge in [-0.25, -0.2) is 0 Å². The second-order valence-electron chi connectivity index (χ2n) is 6.51. The third-order valence-electron chi connectivity index (χ3n) is 4.27. The summed E-state index contributed by atoms with van der Waals surface area (Å²) >= 11 is 0. The Bertz CT molecular complexity index is 197. The second-order valence-corrected chi connectivity index (χ2v) is 6.51. The van der Waals surface area contributed by atoms with E-state index < -0.39 is 0 Å². The van der Waals surface area contributed by atoms with Crippen LogP contribution in [-0.4, -0.2) is 37.1 Å². The molecule has 1 rings (SSSR count). The van der Waals surface area contributed by atoms with Gasteiger partial charge in [-0.3, -0.25) is 0 Å². The van der Waals surface area contributed by atoms with E-state index in [1.54, 1.807) is 0 Å². The van der Waals surface area contributed by atoms with Crippen molar-refractivity contribution in [3.05, 3.63) is 0 Å². The summed E-state index contributed by atoms with van der Waals surface area (Å²) in [5.74, 6) is 0.807. The van der Waals surface area contributed by atoms with Crippen molar-refractivity contribution in [1.82, 2.24) is 10.2 Å². The predicted molar refractivity (Wildman–Crippen MR) is 81.0 cm³/mol. The molecule has 0 spiro atoms. The summed E-state index contributed by atoms with van der Waals surface area (Å²) in [6.07, 6.45) is 9.85. The Hall–Kier alpha value is -0.0800. The van der Waals surface area contributed by atoms with Crippen LogP contribution in [0.15, 0.2) is 0 Å². The third-order valence-corrected chi connectivity index (χ3v) is 4.27. The summed E-state index contributed by atoms with van der Waals surface area (Å²) in [5.41, 5.74) is 0. The molecule has 0 aliphatic heterocycles. The zero-order valence-corrected chi connectivity index (χ0v) is 13.0. The van der Waals surface area contributed by atoms with Gasteiger partial charge in [0.2, 0.25) is 0 Å². The van der Waals surface area contributed by atoms with Crippen LogP contribution in [0.5, 0.6) is 0 Å². The topological polar surface area (TPSA) is 15.3 Å². The van der Waals surface area contributed by atoms with Crippen LogP contribution in [-0.2, 0) is 0 Å². The van der Waals surface area contributed by atoms with Gasteiger partial charge >= 0.3 is 0 Å². The molecule has 1 N–H and O–H groups in total. The molecule has 0 aromatic heterocycles. The summed E-state index contributed by atoms with van der Waals surface area (Å²) in [6.45, 7) is 9.60. The molecule has 0 aromatic carbocycles. The largest absolute Gasteiger partial charge is 0.317 e. The number of unbranched alkanes of at least 4 members (excludes halogenated alkanes) is 1. The molecule has 0 amide bonds. The van der Waals surface area contributed by atoms with Crippen molar-refractivity contribution in [3.63, 3.8) is 0 Å². The summed E-state index contributed by atoms with van der Waals surface area (Å²) in [4.78, 5) is 2.78. The van der Waals surface area contributed by atoms with Crippen LogP contribution in [0.25, 0.3) is 0 Å². The molecule has 0 saturated heterocycles. The van der Waals surface area contributed by atoms with E-state index in [2.05, 4.69) is 38.0 Å². The molecule has 1 unspecified atom stereocenters. The Balaban J connectivity index is 2.23. The van der Waals surface area contributed by atoms with Crippen molar-refractivity contribution in [2.75, 3.05) is 20.1 Å². The number of hydrogen-bond donors (Lipinski definition) is 1. The van der Waals surface area contributed by atoms with E-state index in [0.717, 1.165) is 12.0 Å². The molecule has 1 fully saturated rings. The highest BCUT2D eigenvalue weighted by Gasteiger charge is 2.22. The molecule has 1 saturated carbocycles. The van der Waals surface area contributed by atoms with Crippen LogP contribution in [0.3, 0.4) is 0 Å². The first-order valence-electron chi connectivity index (χ1n) is 8.04. The Morgan fingerprint density at radius 3 is 2.33 bits per heavy atom. The molecule has 0 aromatic rings. The fourth-order valence-corrected chi connectivity index (χ4v) is 3.07. The average Bonchev–Trinajstić information content (AvgIpc) is 2.85. The van der Waals surface area contributed by atoms with Crippen molar-refractivity contribution in [2.24, 2.45) is 5.92 Å². The fourth-order valence-electron chi connectivity index (χ4n) is 3.07. The standard InChI is InChI=1S/C16H34N2/c1-14(2)13-18(16-10-5-6-11-16)12-8-7-9-15(3)17-4/h14-17H,5-13H2,1-4H3. The number of nitrogens with zero attached hydrogens (tertiary/aromatic N) is 1. The predicted octanol–water partition coefficient (Wildman–Crippen LogP) is 3.67. The molecule has 0 heterocycles. The molecule has 108 valence electrons. The van der Waals surface area contributed by atoms with Crippen LogP contribution in [0.2, 0.25) is 0 Å². The number of hydrogen-bond acceptors (Lipinski definition) is 2. The lowest BCUT2D eigenvalue weighted by molar-refractivity contribution is 0.173. The Labute approximate surface area is 115 Å². The average molecular weight is 254 g/mol. The quantitative estimate of drug-likeness (QED) is 0.632. The zero-order chi connectivity index (χ0) is 13.4. The van der Waals surface area contributed by atoms with E-state index >= 15 is 0 Å². The summed E-state index contributed by atoms with van der Waals surface area (Å²) in [5, 5.41) is 3.33. The highest BCUT2D eigenvalue weighted by Crippen LogP contribution is 2.24. The highest BCUT2D eigenvalue weighted by atomic mass is 15.2. The minimum atomic E-state index is 0.676. The first kappa shape index (κ1) is 16.0. The first-order chi connectivity index (χ1) is 8.63. The SMILES string of the molecule is CNC(C)CCCCN(CC(C)C)C1CCCC1. The van der Waals surface area contributed by atoms with Gasteiger partial charge in [0.1, 0.15) is 0 Å². The monoisotopic (exact) mass is 254 g/mol. The maximum atomic E-state index is 3.33. The normalized spacial score (nSPS) is 19.0. The van der Waals surface area contributed by atoms with Gasteiger partial charge in [0.25, 0.3) is 0 Å². The zero-order valence-electron chi connectivity index (χ0n) is 13.0. The molecule has 1 atom stereocenters. The summed E-state index contributed by atoms with van der Waals surface area (Å²) in [7, 11) is 2.06. The molecule has 2 heteroatoms. The van der Waals surface area contributed by atoms with Crippen LogP contribution >= 0.6 is 0 Å². The molecule has 2 nitrogen and oxygen atoms in total. The lowest BCUT2D eigenvalue weighted by Gasteiger charge is -2.30. The lowest BCUT2D eigenvalue weighted by Crippen LogP contribution is -2.37. The lowest BCUT2D eigenvalue weighted by atomic mass is 10.1. The van der Waals surface area contributed by atoms with Crippen molar-refractivity contribution < 1.29 is 0 Å². The first-order valence-corrected chi connectivity index (χ1v) is 8.04. The van der Waals surface area contributed by atoms with E-state index in [4.69, 9.17) is 0 Å². The molecule has 18 heavy (non-hydrogen) atoms.